The standard InChI is InChI=1S/C27H26N2O5/c1-15(2)18-14-19(16(3)13-22(18)34-4)25(31)23-24(17-9-11-28-12-10-17)29(27(33)26(23)32)20-7-5-6-8-21(20)30/h5-15,24,30-31H,1-4H3/b25-23+. The second-order valence-electron chi connectivity index (χ2n) is 8.50. The van der Waals surface area contributed by atoms with Gasteiger partial charge in [0.1, 0.15) is 17.3 Å². The van der Waals surface area contributed by atoms with Gasteiger partial charge in [0.15, 0.2) is 0 Å². The number of amides is 1. The molecule has 0 aliphatic carbocycles. The van der Waals surface area contributed by atoms with Crippen LogP contribution in [0.3, 0.4) is 0 Å². The highest BCUT2D eigenvalue weighted by Gasteiger charge is 2.47. The number of Topliss-reactive ketones (excluding diaryl/α,β-unsaturated/α-hetero) is 1. The number of benzene rings is 2. The van der Waals surface area contributed by atoms with Crippen LogP contribution in [0.4, 0.5) is 5.69 Å². The van der Waals surface area contributed by atoms with Crippen molar-refractivity contribution in [1.29, 1.82) is 0 Å². The first-order valence-electron chi connectivity index (χ1n) is 10.9. The number of anilines is 1. The zero-order chi connectivity index (χ0) is 24.6. The molecule has 1 aliphatic heterocycles. The smallest absolute Gasteiger partial charge is 0.300 e. The van der Waals surface area contributed by atoms with Crippen molar-refractivity contribution in [2.24, 2.45) is 0 Å². The average Bonchev–Trinajstić information content (AvgIpc) is 3.09. The minimum absolute atomic E-state index is 0.0533. The van der Waals surface area contributed by atoms with Crippen LogP contribution in [0, 0.1) is 6.92 Å². The maximum Gasteiger partial charge on any atom is 0.300 e. The van der Waals surface area contributed by atoms with Crippen LogP contribution in [0.1, 0.15) is 48.1 Å². The molecule has 1 fully saturated rings. The molecule has 0 radical (unpaired) electrons. The number of para-hydroxylation sites is 2. The second-order valence-corrected chi connectivity index (χ2v) is 8.50. The van der Waals surface area contributed by atoms with Gasteiger partial charge in [-0.3, -0.25) is 19.5 Å². The number of rotatable bonds is 5. The number of aromatic hydroxyl groups is 1. The predicted octanol–water partition coefficient (Wildman–Crippen LogP) is 4.85. The van der Waals surface area contributed by atoms with E-state index < -0.39 is 17.7 Å². The Kier molecular flexibility index (Phi) is 6.11. The fraction of sp³-hybridized carbons (Fsp3) is 0.222. The van der Waals surface area contributed by atoms with Crippen LogP contribution in [0.25, 0.3) is 5.76 Å². The molecular formula is C27H26N2O5. The molecule has 1 saturated heterocycles. The van der Waals surface area contributed by atoms with Gasteiger partial charge in [0.25, 0.3) is 11.7 Å². The lowest BCUT2D eigenvalue weighted by Crippen LogP contribution is -2.29. The number of ether oxygens (including phenoxy) is 1. The van der Waals surface area contributed by atoms with Crippen LogP contribution < -0.4 is 9.64 Å². The summed E-state index contributed by atoms with van der Waals surface area (Å²) in [5.74, 6) is -1.30. The molecule has 174 valence electrons. The number of phenols is 1. The molecule has 2 N–H and O–H groups in total. The fourth-order valence-corrected chi connectivity index (χ4v) is 4.34. The van der Waals surface area contributed by atoms with E-state index in [-0.39, 0.29) is 28.7 Å². The Morgan fingerprint density at radius 2 is 1.76 bits per heavy atom. The van der Waals surface area contributed by atoms with Crippen molar-refractivity contribution < 1.29 is 24.5 Å². The average molecular weight is 459 g/mol. The van der Waals surface area contributed by atoms with Crippen LogP contribution in [0.2, 0.25) is 0 Å². The third kappa shape index (κ3) is 3.79. The van der Waals surface area contributed by atoms with Gasteiger partial charge in [0, 0.05) is 18.0 Å². The number of aromatic nitrogens is 1. The van der Waals surface area contributed by atoms with Crippen molar-refractivity contribution in [2.75, 3.05) is 12.0 Å². The number of hydrogen-bond acceptors (Lipinski definition) is 6. The van der Waals surface area contributed by atoms with Gasteiger partial charge < -0.3 is 14.9 Å². The van der Waals surface area contributed by atoms with Crippen molar-refractivity contribution in [3.8, 4) is 11.5 Å². The Labute approximate surface area is 198 Å². The van der Waals surface area contributed by atoms with Gasteiger partial charge in [-0.05, 0) is 65.9 Å². The molecule has 2 aromatic carbocycles. The quantitative estimate of drug-likeness (QED) is 0.322. The fourth-order valence-electron chi connectivity index (χ4n) is 4.34. The molecule has 1 unspecified atom stereocenters. The van der Waals surface area contributed by atoms with E-state index in [0.29, 0.717) is 22.4 Å². The zero-order valence-corrected chi connectivity index (χ0v) is 19.4. The molecular weight excluding hydrogens is 432 g/mol. The van der Waals surface area contributed by atoms with Gasteiger partial charge in [0.05, 0.1) is 24.4 Å². The molecule has 2 heterocycles. The first-order valence-corrected chi connectivity index (χ1v) is 10.9. The third-order valence-electron chi connectivity index (χ3n) is 6.06. The van der Waals surface area contributed by atoms with Crippen LogP contribution in [-0.2, 0) is 9.59 Å². The normalized spacial score (nSPS) is 17.4. The predicted molar refractivity (Wildman–Crippen MR) is 129 cm³/mol. The van der Waals surface area contributed by atoms with Gasteiger partial charge in [-0.1, -0.05) is 26.0 Å². The number of aliphatic hydroxyl groups is 1. The summed E-state index contributed by atoms with van der Waals surface area (Å²) >= 11 is 0. The van der Waals surface area contributed by atoms with E-state index in [1.54, 1.807) is 55.9 Å². The van der Waals surface area contributed by atoms with Crippen LogP contribution >= 0.6 is 0 Å². The topological polar surface area (TPSA) is 100.0 Å². The van der Waals surface area contributed by atoms with Crippen LogP contribution in [-0.4, -0.2) is 34.0 Å². The number of nitrogens with zero attached hydrogens (tertiary/aromatic N) is 2. The first kappa shape index (κ1) is 23.0. The summed E-state index contributed by atoms with van der Waals surface area (Å²) in [6.07, 6.45) is 3.10. The van der Waals surface area contributed by atoms with Gasteiger partial charge in [0.2, 0.25) is 0 Å². The van der Waals surface area contributed by atoms with Crippen LogP contribution in [0.5, 0.6) is 11.5 Å². The van der Waals surface area contributed by atoms with Crippen molar-refractivity contribution in [3.63, 3.8) is 0 Å². The van der Waals surface area contributed by atoms with Crippen molar-refractivity contribution >= 4 is 23.1 Å². The molecule has 1 aromatic heterocycles. The zero-order valence-electron chi connectivity index (χ0n) is 19.4. The SMILES string of the molecule is COc1cc(C)c(/C(O)=C2\C(=O)C(=O)N(c3ccccc3O)C2c2ccncc2)cc1C(C)C. The number of carbonyl (C=O) groups is 2. The van der Waals surface area contributed by atoms with Crippen LogP contribution in [0.15, 0.2) is 66.5 Å². The van der Waals surface area contributed by atoms with Gasteiger partial charge in [-0.25, -0.2) is 0 Å². The Hall–Kier alpha value is -4.13. The van der Waals surface area contributed by atoms with Gasteiger partial charge in [-0.2, -0.15) is 0 Å². The second kappa shape index (κ2) is 9.02. The number of hydrogen-bond donors (Lipinski definition) is 2. The molecule has 7 nitrogen and oxygen atoms in total. The lowest BCUT2D eigenvalue weighted by molar-refractivity contribution is -0.132. The lowest BCUT2D eigenvalue weighted by atomic mass is 9.91. The van der Waals surface area contributed by atoms with E-state index in [1.165, 1.54) is 11.0 Å². The van der Waals surface area contributed by atoms with E-state index >= 15 is 0 Å². The van der Waals surface area contributed by atoms with E-state index in [4.69, 9.17) is 4.74 Å². The number of methoxy groups -OCH3 is 1. The Morgan fingerprint density at radius 3 is 2.38 bits per heavy atom. The molecule has 3 aromatic rings. The van der Waals surface area contributed by atoms with Gasteiger partial charge >= 0.3 is 0 Å². The molecule has 1 amide bonds. The highest BCUT2D eigenvalue weighted by atomic mass is 16.5. The molecule has 7 heteroatoms. The molecule has 4 rings (SSSR count). The molecule has 0 spiro atoms. The van der Waals surface area contributed by atoms with Crippen molar-refractivity contribution in [1.82, 2.24) is 4.98 Å². The van der Waals surface area contributed by atoms with Crippen molar-refractivity contribution in [3.05, 3.63) is 88.8 Å². The van der Waals surface area contributed by atoms with Gasteiger partial charge in [-0.15, -0.1) is 0 Å². The number of carbonyl (C=O) groups excluding carboxylic acids is 2. The van der Waals surface area contributed by atoms with E-state index in [2.05, 4.69) is 4.98 Å². The minimum atomic E-state index is -0.944. The number of phenolic OH excluding ortho intramolecular Hbond substituents is 1. The maximum atomic E-state index is 13.3. The number of ketones is 1. The molecule has 34 heavy (non-hydrogen) atoms. The molecule has 1 atom stereocenters. The maximum absolute atomic E-state index is 13.3. The molecule has 0 saturated carbocycles. The molecule has 1 aliphatic rings. The first-order chi connectivity index (χ1) is 16.3. The monoisotopic (exact) mass is 458 g/mol. The largest absolute Gasteiger partial charge is 0.507 e. The van der Waals surface area contributed by atoms with Crippen molar-refractivity contribution in [2.45, 2.75) is 32.7 Å². The summed E-state index contributed by atoms with van der Waals surface area (Å²) in [4.78, 5) is 31.8. The van der Waals surface area contributed by atoms with E-state index in [9.17, 15) is 19.8 Å². The Bertz CT molecular complexity index is 1300. The lowest BCUT2D eigenvalue weighted by Gasteiger charge is -2.26. The summed E-state index contributed by atoms with van der Waals surface area (Å²) in [6, 6.07) is 12.3. The Morgan fingerprint density at radius 1 is 1.09 bits per heavy atom. The number of aryl methyl sites for hydroxylation is 1. The summed E-state index contributed by atoms with van der Waals surface area (Å²) in [5.41, 5.74) is 2.71. The highest BCUT2D eigenvalue weighted by molar-refractivity contribution is 6.52. The molecule has 0 bridgehead atoms. The van der Waals surface area contributed by atoms with E-state index in [1.807, 2.05) is 26.8 Å². The summed E-state index contributed by atoms with van der Waals surface area (Å²) < 4.78 is 5.50. The number of pyridine rings is 1. The number of aliphatic hydroxyl groups excluding tert-OH is 1. The third-order valence-corrected chi connectivity index (χ3v) is 6.06. The van der Waals surface area contributed by atoms with E-state index in [0.717, 1.165) is 5.56 Å². The summed E-state index contributed by atoms with van der Waals surface area (Å²) in [6.45, 7) is 5.82. The minimum Gasteiger partial charge on any atom is -0.507 e. The summed E-state index contributed by atoms with van der Waals surface area (Å²) in [5, 5.41) is 22.0. The Balaban J connectivity index is 1.99. The highest BCUT2D eigenvalue weighted by Crippen LogP contribution is 2.45. The summed E-state index contributed by atoms with van der Waals surface area (Å²) in [7, 11) is 1.58.